The number of rotatable bonds is 8. The number of carbonyl (C=O) groups excluding carboxylic acids is 1. The van der Waals surface area contributed by atoms with Crippen molar-refractivity contribution < 1.29 is 9.53 Å². The summed E-state index contributed by atoms with van der Waals surface area (Å²) < 4.78 is 4.90. The highest BCUT2D eigenvalue weighted by atomic mass is 35.5. The predicted molar refractivity (Wildman–Crippen MR) is 94.8 cm³/mol. The first-order chi connectivity index (χ1) is 11.1. The molecule has 1 aromatic carbocycles. The molecule has 0 aliphatic heterocycles. The van der Waals surface area contributed by atoms with Gasteiger partial charge in [-0.2, -0.15) is 0 Å². The molecule has 1 heterocycles. The number of amides is 1. The van der Waals surface area contributed by atoms with Gasteiger partial charge in [-0.15, -0.1) is 11.3 Å². The van der Waals surface area contributed by atoms with Gasteiger partial charge in [-0.1, -0.05) is 35.3 Å². The molecule has 0 saturated carbocycles. The van der Waals surface area contributed by atoms with Gasteiger partial charge in [0, 0.05) is 31.1 Å². The second-order valence-electron chi connectivity index (χ2n) is 4.74. The number of nitrogens with one attached hydrogen (secondary N) is 2. The third kappa shape index (κ3) is 5.75. The molecule has 1 aromatic heterocycles. The topological polar surface area (TPSA) is 63.2 Å². The lowest BCUT2D eigenvalue weighted by Gasteiger charge is -2.04. The summed E-state index contributed by atoms with van der Waals surface area (Å²) in [6.45, 7) is 1.41. The van der Waals surface area contributed by atoms with Crippen LogP contribution in [0, 0.1) is 0 Å². The maximum Gasteiger partial charge on any atom is 0.240 e. The molecule has 0 aliphatic carbocycles. The van der Waals surface area contributed by atoms with Gasteiger partial charge in [-0.25, -0.2) is 4.98 Å². The second kappa shape index (κ2) is 9.20. The molecule has 2 N–H and O–H groups in total. The minimum absolute atomic E-state index is 0.136. The Bertz CT molecular complexity index is 664. The fraction of sp³-hybridized carbons (Fsp3) is 0.333. The third-order valence-corrected chi connectivity index (χ3v) is 4.74. The standard InChI is InChI=1S/C15H17Cl2N3O2S/c1-22-6-5-18-9-13(21)20-15-19-8-11(23-15)7-10-3-2-4-12(16)14(10)17/h2-4,8,18H,5-7,9H2,1H3,(H,19,20,21). The van der Waals surface area contributed by atoms with E-state index in [1.807, 2.05) is 12.1 Å². The highest BCUT2D eigenvalue weighted by Gasteiger charge is 2.10. The van der Waals surface area contributed by atoms with Crippen molar-refractivity contribution in [2.75, 3.05) is 32.1 Å². The molecule has 0 radical (unpaired) electrons. The number of benzene rings is 1. The Hall–Kier alpha value is -1.18. The number of carbonyl (C=O) groups is 1. The molecule has 124 valence electrons. The summed E-state index contributed by atoms with van der Waals surface area (Å²) in [5.41, 5.74) is 0.932. The van der Waals surface area contributed by atoms with Crippen LogP contribution < -0.4 is 10.6 Å². The van der Waals surface area contributed by atoms with E-state index in [0.717, 1.165) is 10.4 Å². The molecule has 0 aliphatic rings. The summed E-state index contributed by atoms with van der Waals surface area (Å²) in [5.74, 6) is -0.136. The van der Waals surface area contributed by atoms with Gasteiger partial charge in [0.15, 0.2) is 5.13 Å². The second-order valence-corrected chi connectivity index (χ2v) is 6.64. The zero-order valence-electron chi connectivity index (χ0n) is 12.6. The molecule has 2 aromatic rings. The van der Waals surface area contributed by atoms with Gasteiger partial charge in [-0.05, 0) is 11.6 Å². The van der Waals surface area contributed by atoms with Crippen LogP contribution in [0.2, 0.25) is 10.0 Å². The quantitative estimate of drug-likeness (QED) is 0.697. The maximum atomic E-state index is 11.8. The van der Waals surface area contributed by atoms with E-state index < -0.39 is 0 Å². The molecule has 0 unspecified atom stereocenters. The number of aromatic nitrogens is 1. The van der Waals surface area contributed by atoms with Crippen molar-refractivity contribution in [3.8, 4) is 0 Å². The summed E-state index contributed by atoms with van der Waals surface area (Å²) in [7, 11) is 1.62. The van der Waals surface area contributed by atoms with Gasteiger partial charge in [0.25, 0.3) is 0 Å². The molecule has 0 bridgehead atoms. The Morgan fingerprint density at radius 1 is 1.39 bits per heavy atom. The lowest BCUT2D eigenvalue weighted by atomic mass is 10.1. The number of ether oxygens (including phenoxy) is 1. The molecule has 0 fully saturated rings. The van der Waals surface area contributed by atoms with E-state index >= 15 is 0 Å². The number of halogens is 2. The number of thiazole rings is 1. The summed E-state index contributed by atoms with van der Waals surface area (Å²) in [6.07, 6.45) is 2.36. The lowest BCUT2D eigenvalue weighted by molar-refractivity contribution is -0.115. The normalized spacial score (nSPS) is 10.7. The average molecular weight is 374 g/mol. The Kier molecular flexibility index (Phi) is 7.26. The first kappa shape index (κ1) is 18.2. The molecule has 2 rings (SSSR count). The fourth-order valence-electron chi connectivity index (χ4n) is 1.86. The molecule has 23 heavy (non-hydrogen) atoms. The lowest BCUT2D eigenvalue weighted by Crippen LogP contribution is -2.30. The van der Waals surface area contributed by atoms with Crippen LogP contribution in [0.4, 0.5) is 5.13 Å². The zero-order chi connectivity index (χ0) is 16.7. The van der Waals surface area contributed by atoms with Crippen LogP contribution in [-0.2, 0) is 16.0 Å². The molecule has 8 heteroatoms. The third-order valence-electron chi connectivity index (χ3n) is 2.96. The Morgan fingerprint density at radius 3 is 3.00 bits per heavy atom. The van der Waals surface area contributed by atoms with Crippen molar-refractivity contribution in [3.63, 3.8) is 0 Å². The van der Waals surface area contributed by atoms with Crippen molar-refractivity contribution in [2.45, 2.75) is 6.42 Å². The van der Waals surface area contributed by atoms with E-state index in [9.17, 15) is 4.79 Å². The van der Waals surface area contributed by atoms with Crippen molar-refractivity contribution in [3.05, 3.63) is 44.9 Å². The highest BCUT2D eigenvalue weighted by Crippen LogP contribution is 2.29. The van der Waals surface area contributed by atoms with Crippen LogP contribution in [0.25, 0.3) is 0 Å². The minimum atomic E-state index is -0.136. The number of methoxy groups -OCH3 is 1. The molecule has 1 amide bonds. The van der Waals surface area contributed by atoms with Crippen molar-refractivity contribution in [1.82, 2.24) is 10.3 Å². The van der Waals surface area contributed by atoms with E-state index in [1.165, 1.54) is 11.3 Å². The summed E-state index contributed by atoms with van der Waals surface area (Å²) in [6, 6.07) is 5.53. The first-order valence-electron chi connectivity index (χ1n) is 6.97. The monoisotopic (exact) mass is 373 g/mol. The Labute approximate surface area is 149 Å². The van der Waals surface area contributed by atoms with E-state index in [2.05, 4.69) is 15.6 Å². The summed E-state index contributed by atoms with van der Waals surface area (Å²) in [5, 5.41) is 7.38. The first-order valence-corrected chi connectivity index (χ1v) is 8.54. The molecular weight excluding hydrogens is 357 g/mol. The molecular formula is C15H17Cl2N3O2S. The zero-order valence-corrected chi connectivity index (χ0v) is 14.9. The van der Waals surface area contributed by atoms with Crippen LogP contribution in [0.5, 0.6) is 0 Å². The van der Waals surface area contributed by atoms with Gasteiger partial charge >= 0.3 is 0 Å². The van der Waals surface area contributed by atoms with Gasteiger partial charge in [-0.3, -0.25) is 4.79 Å². The number of hydrogen-bond donors (Lipinski definition) is 2. The SMILES string of the molecule is COCCNCC(=O)Nc1ncc(Cc2cccc(Cl)c2Cl)s1. The highest BCUT2D eigenvalue weighted by molar-refractivity contribution is 7.15. The predicted octanol–water partition coefficient (Wildman–Crippen LogP) is 3.22. The minimum Gasteiger partial charge on any atom is -0.383 e. The van der Waals surface area contributed by atoms with Crippen LogP contribution in [0.1, 0.15) is 10.4 Å². The van der Waals surface area contributed by atoms with Gasteiger partial charge in [0.05, 0.1) is 23.2 Å². The van der Waals surface area contributed by atoms with Gasteiger partial charge in [0.2, 0.25) is 5.91 Å². The van der Waals surface area contributed by atoms with Crippen LogP contribution in [0.15, 0.2) is 24.4 Å². The Balaban J connectivity index is 1.88. The summed E-state index contributed by atoms with van der Waals surface area (Å²) >= 11 is 13.6. The van der Waals surface area contributed by atoms with E-state index in [1.54, 1.807) is 19.4 Å². The van der Waals surface area contributed by atoms with Gasteiger partial charge in [0.1, 0.15) is 0 Å². The number of hydrogen-bond acceptors (Lipinski definition) is 5. The smallest absolute Gasteiger partial charge is 0.240 e. The van der Waals surface area contributed by atoms with Crippen LogP contribution in [0.3, 0.4) is 0 Å². The van der Waals surface area contributed by atoms with Crippen LogP contribution >= 0.6 is 34.5 Å². The molecule has 5 nitrogen and oxygen atoms in total. The molecule has 0 spiro atoms. The van der Waals surface area contributed by atoms with E-state index in [0.29, 0.717) is 34.7 Å². The number of nitrogens with zero attached hydrogens (tertiary/aromatic N) is 1. The largest absolute Gasteiger partial charge is 0.383 e. The molecule has 0 atom stereocenters. The van der Waals surface area contributed by atoms with Crippen LogP contribution in [-0.4, -0.2) is 37.7 Å². The Morgan fingerprint density at radius 2 is 2.22 bits per heavy atom. The van der Waals surface area contributed by atoms with E-state index in [4.69, 9.17) is 27.9 Å². The van der Waals surface area contributed by atoms with E-state index in [-0.39, 0.29) is 12.5 Å². The molecule has 0 saturated heterocycles. The van der Waals surface area contributed by atoms with Crippen molar-refractivity contribution in [1.29, 1.82) is 0 Å². The van der Waals surface area contributed by atoms with Crippen molar-refractivity contribution in [2.24, 2.45) is 0 Å². The fourth-order valence-corrected chi connectivity index (χ4v) is 3.10. The van der Waals surface area contributed by atoms with Crippen molar-refractivity contribution >= 4 is 45.6 Å². The number of anilines is 1. The van der Waals surface area contributed by atoms with Gasteiger partial charge < -0.3 is 15.4 Å². The summed E-state index contributed by atoms with van der Waals surface area (Å²) in [4.78, 5) is 17.0. The average Bonchev–Trinajstić information content (AvgIpc) is 2.95. The maximum absolute atomic E-state index is 11.8.